The van der Waals surface area contributed by atoms with E-state index in [-0.39, 0.29) is 12.4 Å². The molecule has 98 valence electrons. The molecule has 0 aromatic heterocycles. The molecule has 2 aromatic rings. The summed E-state index contributed by atoms with van der Waals surface area (Å²) in [4.78, 5) is 2.46. The van der Waals surface area contributed by atoms with Crippen LogP contribution in [0.3, 0.4) is 0 Å². The average molecular weight is 272 g/mol. The van der Waals surface area contributed by atoms with Crippen LogP contribution < -0.4 is 0 Å². The molecule has 0 aliphatic carbocycles. The molecule has 2 heteroatoms. The minimum atomic E-state index is 0. The Morgan fingerprint density at radius 3 is 2.05 bits per heavy atom. The van der Waals surface area contributed by atoms with E-state index in [1.165, 1.54) is 16.7 Å². The van der Waals surface area contributed by atoms with Crippen LogP contribution in [0.4, 0.5) is 0 Å². The van der Waals surface area contributed by atoms with Gasteiger partial charge in [0.1, 0.15) is 0 Å². The Labute approximate surface area is 121 Å². The summed E-state index contributed by atoms with van der Waals surface area (Å²) in [5, 5.41) is 0. The molecule has 0 radical (unpaired) electrons. The minimum absolute atomic E-state index is 0. The van der Waals surface area contributed by atoms with E-state index in [9.17, 15) is 0 Å². The minimum Gasteiger partial charge on any atom is -0.291 e. The van der Waals surface area contributed by atoms with Crippen molar-refractivity contribution in [2.75, 3.05) is 6.54 Å². The van der Waals surface area contributed by atoms with Gasteiger partial charge in [-0.1, -0.05) is 66.7 Å². The number of fused-ring (bicyclic) bond motifs is 1. The van der Waals surface area contributed by atoms with Gasteiger partial charge in [0.15, 0.2) is 0 Å². The van der Waals surface area contributed by atoms with Crippen LogP contribution in [0.25, 0.3) is 6.08 Å². The van der Waals surface area contributed by atoms with E-state index in [0.29, 0.717) is 0 Å². The molecule has 0 bridgehead atoms. The van der Waals surface area contributed by atoms with Gasteiger partial charge >= 0.3 is 0 Å². The van der Waals surface area contributed by atoms with Crippen LogP contribution in [0, 0.1) is 0 Å². The second kappa shape index (κ2) is 6.55. The van der Waals surface area contributed by atoms with Crippen LogP contribution in [0.15, 0.2) is 60.7 Å². The number of rotatable bonds is 3. The highest BCUT2D eigenvalue weighted by atomic mass is 35.5. The van der Waals surface area contributed by atoms with Gasteiger partial charge in [-0.25, -0.2) is 0 Å². The number of hydrogen-bond donors (Lipinski definition) is 0. The molecular formula is C17H18ClN. The van der Waals surface area contributed by atoms with Crippen LogP contribution in [0.1, 0.15) is 16.7 Å². The van der Waals surface area contributed by atoms with Gasteiger partial charge in [0.05, 0.1) is 0 Å². The molecular weight excluding hydrogens is 254 g/mol. The Kier molecular flexibility index (Phi) is 4.78. The summed E-state index contributed by atoms with van der Waals surface area (Å²) in [7, 11) is 0. The third kappa shape index (κ3) is 3.46. The molecule has 0 spiro atoms. The molecule has 0 unspecified atom stereocenters. The summed E-state index contributed by atoms with van der Waals surface area (Å²) in [6.07, 6.45) is 4.45. The number of nitrogens with zero attached hydrogens (tertiary/aromatic N) is 1. The van der Waals surface area contributed by atoms with Crippen LogP contribution in [-0.4, -0.2) is 11.4 Å². The van der Waals surface area contributed by atoms with Crippen LogP contribution in [0.2, 0.25) is 0 Å². The highest BCUT2D eigenvalue weighted by Crippen LogP contribution is 2.21. The van der Waals surface area contributed by atoms with E-state index in [1.807, 2.05) is 0 Å². The van der Waals surface area contributed by atoms with Gasteiger partial charge in [0, 0.05) is 19.6 Å². The summed E-state index contributed by atoms with van der Waals surface area (Å²) in [5.74, 6) is 0. The second-order valence-electron chi connectivity index (χ2n) is 4.75. The first-order valence-corrected chi connectivity index (χ1v) is 6.42. The van der Waals surface area contributed by atoms with Crippen molar-refractivity contribution in [3.63, 3.8) is 0 Å². The van der Waals surface area contributed by atoms with E-state index in [0.717, 1.165) is 19.6 Å². The Hall–Kier alpha value is -1.57. The largest absolute Gasteiger partial charge is 0.291 e. The Balaban J connectivity index is 0.00000133. The zero-order valence-electron chi connectivity index (χ0n) is 10.8. The van der Waals surface area contributed by atoms with Gasteiger partial charge in [-0.15, -0.1) is 12.4 Å². The first-order chi connectivity index (χ1) is 8.92. The normalized spacial score (nSPS) is 14.3. The highest BCUT2D eigenvalue weighted by molar-refractivity contribution is 5.85. The summed E-state index contributed by atoms with van der Waals surface area (Å²) in [6, 6.07) is 19.2. The van der Waals surface area contributed by atoms with Crippen molar-refractivity contribution < 1.29 is 0 Å². The van der Waals surface area contributed by atoms with Crippen molar-refractivity contribution in [3.8, 4) is 0 Å². The zero-order valence-corrected chi connectivity index (χ0v) is 11.6. The van der Waals surface area contributed by atoms with Crippen molar-refractivity contribution in [3.05, 3.63) is 77.4 Å². The monoisotopic (exact) mass is 271 g/mol. The Morgan fingerprint density at radius 1 is 0.842 bits per heavy atom. The van der Waals surface area contributed by atoms with Crippen LogP contribution in [0.5, 0.6) is 0 Å². The highest BCUT2D eigenvalue weighted by Gasteiger charge is 2.16. The molecule has 3 rings (SSSR count). The van der Waals surface area contributed by atoms with Crippen LogP contribution >= 0.6 is 12.4 Å². The van der Waals surface area contributed by atoms with Crippen molar-refractivity contribution in [2.45, 2.75) is 13.1 Å². The fourth-order valence-corrected chi connectivity index (χ4v) is 2.43. The standard InChI is InChI=1S/C17H17N.ClH/c1-2-7-15(8-3-1)9-6-12-18-13-16-10-4-5-11-17(16)14-18;/h1-11H,12-14H2;1H. The third-order valence-corrected chi connectivity index (χ3v) is 3.38. The first-order valence-electron chi connectivity index (χ1n) is 6.42. The van der Waals surface area contributed by atoms with E-state index in [4.69, 9.17) is 0 Å². The van der Waals surface area contributed by atoms with Crippen molar-refractivity contribution in [2.24, 2.45) is 0 Å². The fraction of sp³-hybridized carbons (Fsp3) is 0.176. The summed E-state index contributed by atoms with van der Waals surface area (Å²) in [6.45, 7) is 3.17. The first kappa shape index (κ1) is 13.9. The lowest BCUT2D eigenvalue weighted by atomic mass is 10.1. The maximum absolute atomic E-state index is 2.46. The molecule has 1 aliphatic rings. The molecule has 0 amide bonds. The molecule has 0 atom stereocenters. The molecule has 0 fully saturated rings. The fourth-order valence-electron chi connectivity index (χ4n) is 2.43. The van der Waals surface area contributed by atoms with E-state index in [1.54, 1.807) is 0 Å². The van der Waals surface area contributed by atoms with E-state index < -0.39 is 0 Å². The zero-order chi connectivity index (χ0) is 12.2. The van der Waals surface area contributed by atoms with E-state index >= 15 is 0 Å². The number of hydrogen-bond acceptors (Lipinski definition) is 1. The van der Waals surface area contributed by atoms with Gasteiger partial charge in [-0.3, -0.25) is 4.90 Å². The maximum Gasteiger partial charge on any atom is 0.0243 e. The Morgan fingerprint density at radius 2 is 1.42 bits per heavy atom. The molecule has 1 heterocycles. The Bertz CT molecular complexity index is 523. The second-order valence-corrected chi connectivity index (χ2v) is 4.75. The van der Waals surface area contributed by atoms with Gasteiger partial charge in [0.2, 0.25) is 0 Å². The quantitative estimate of drug-likeness (QED) is 0.811. The molecule has 1 aliphatic heterocycles. The SMILES string of the molecule is C(=Cc1ccccc1)CN1Cc2ccccc2C1.Cl. The number of halogens is 1. The lowest BCUT2D eigenvalue weighted by Crippen LogP contribution is -2.15. The van der Waals surface area contributed by atoms with Gasteiger partial charge in [0.25, 0.3) is 0 Å². The summed E-state index contributed by atoms with van der Waals surface area (Å²) >= 11 is 0. The lowest BCUT2D eigenvalue weighted by Gasteiger charge is -2.11. The summed E-state index contributed by atoms with van der Waals surface area (Å²) in [5.41, 5.74) is 4.23. The smallest absolute Gasteiger partial charge is 0.0243 e. The average Bonchev–Trinajstić information content (AvgIpc) is 2.82. The molecule has 0 N–H and O–H groups in total. The molecule has 2 aromatic carbocycles. The van der Waals surface area contributed by atoms with Gasteiger partial charge in [-0.05, 0) is 16.7 Å². The third-order valence-electron chi connectivity index (χ3n) is 3.38. The van der Waals surface area contributed by atoms with Crippen LogP contribution in [-0.2, 0) is 13.1 Å². The predicted octanol–water partition coefficient (Wildman–Crippen LogP) is 4.14. The van der Waals surface area contributed by atoms with Crippen molar-refractivity contribution in [1.29, 1.82) is 0 Å². The molecule has 19 heavy (non-hydrogen) atoms. The number of benzene rings is 2. The lowest BCUT2D eigenvalue weighted by molar-refractivity contribution is 0.317. The topological polar surface area (TPSA) is 3.24 Å². The molecule has 0 saturated heterocycles. The summed E-state index contributed by atoms with van der Waals surface area (Å²) < 4.78 is 0. The van der Waals surface area contributed by atoms with Gasteiger partial charge < -0.3 is 0 Å². The van der Waals surface area contributed by atoms with E-state index in [2.05, 4.69) is 71.6 Å². The predicted molar refractivity (Wildman–Crippen MR) is 83.3 cm³/mol. The maximum atomic E-state index is 2.46. The van der Waals surface area contributed by atoms with Crippen molar-refractivity contribution >= 4 is 18.5 Å². The van der Waals surface area contributed by atoms with Crippen molar-refractivity contribution in [1.82, 2.24) is 4.90 Å². The molecule has 0 saturated carbocycles. The molecule has 1 nitrogen and oxygen atoms in total. The van der Waals surface area contributed by atoms with Gasteiger partial charge in [-0.2, -0.15) is 0 Å².